The van der Waals surface area contributed by atoms with E-state index >= 15 is 0 Å². The molecule has 0 spiro atoms. The lowest BCUT2D eigenvalue weighted by atomic mass is 10.1. The van der Waals surface area contributed by atoms with Crippen molar-refractivity contribution >= 4 is 21.7 Å². The van der Waals surface area contributed by atoms with Crippen LogP contribution >= 0.6 is 15.9 Å². The quantitative estimate of drug-likeness (QED) is 0.851. The Labute approximate surface area is 103 Å². The van der Waals surface area contributed by atoms with Crippen molar-refractivity contribution in [3.63, 3.8) is 0 Å². The van der Waals surface area contributed by atoms with Crippen molar-refractivity contribution in [3.05, 3.63) is 34.3 Å². The van der Waals surface area contributed by atoms with E-state index in [9.17, 15) is 4.79 Å². The van der Waals surface area contributed by atoms with E-state index in [2.05, 4.69) is 15.9 Å². The lowest BCUT2D eigenvalue weighted by Gasteiger charge is -2.07. The summed E-state index contributed by atoms with van der Waals surface area (Å²) >= 11 is 3.38. The zero-order valence-electron chi connectivity index (χ0n) is 8.82. The smallest absolute Gasteiger partial charge is 0.164 e. The number of hydrogen-bond donors (Lipinski definition) is 0. The molecule has 1 saturated heterocycles. The van der Waals surface area contributed by atoms with E-state index < -0.39 is 0 Å². The normalized spacial score (nSPS) is 16.6. The van der Waals surface area contributed by atoms with Crippen molar-refractivity contribution in [2.75, 3.05) is 13.2 Å². The average Bonchev–Trinajstić information content (AvgIpc) is 2.70. The predicted molar refractivity (Wildman–Crippen MR) is 63.2 cm³/mol. The molecule has 1 heterocycles. The summed E-state index contributed by atoms with van der Waals surface area (Å²) in [5, 5.41) is 0. The van der Waals surface area contributed by atoms with Crippen molar-refractivity contribution in [3.8, 4) is 0 Å². The molecule has 0 aliphatic carbocycles. The van der Waals surface area contributed by atoms with Gasteiger partial charge in [-0.1, -0.05) is 28.1 Å². The maximum atomic E-state index is 11.7. The van der Waals surface area contributed by atoms with E-state index in [1.165, 1.54) is 0 Å². The molecule has 1 aliphatic heterocycles. The molecule has 0 bridgehead atoms. The van der Waals surface area contributed by atoms with Crippen LogP contribution in [0.3, 0.4) is 0 Å². The molecular weight excluding hydrogens is 272 g/mol. The molecule has 0 radical (unpaired) electrons. The Balaban J connectivity index is 1.86. The van der Waals surface area contributed by atoms with Crippen LogP contribution < -0.4 is 0 Å². The minimum absolute atomic E-state index is 0.144. The molecule has 2 rings (SSSR count). The fraction of sp³-hybridized carbons (Fsp3) is 0.417. The van der Waals surface area contributed by atoms with E-state index in [-0.39, 0.29) is 12.1 Å². The third-order valence-corrected chi connectivity index (χ3v) is 2.87. The van der Waals surface area contributed by atoms with E-state index in [1.807, 2.05) is 24.3 Å². The standard InChI is InChI=1S/C12H13BrO3/c13-10-3-1-2-9(6-10)7-11(14)8-12-15-4-5-16-12/h1-3,6,12H,4-5,7-8H2. The van der Waals surface area contributed by atoms with Crippen molar-refractivity contribution in [2.24, 2.45) is 0 Å². The number of rotatable bonds is 4. The Morgan fingerprint density at radius 1 is 1.38 bits per heavy atom. The lowest BCUT2D eigenvalue weighted by molar-refractivity contribution is -0.126. The molecule has 0 N–H and O–H groups in total. The Morgan fingerprint density at radius 3 is 2.81 bits per heavy atom. The highest BCUT2D eigenvalue weighted by Crippen LogP contribution is 2.14. The molecular formula is C12H13BrO3. The zero-order valence-corrected chi connectivity index (χ0v) is 10.4. The summed E-state index contributed by atoms with van der Waals surface area (Å²) in [4.78, 5) is 11.7. The number of ketones is 1. The molecule has 1 aliphatic rings. The molecule has 0 aromatic heterocycles. The highest BCUT2D eigenvalue weighted by molar-refractivity contribution is 9.10. The second-order valence-electron chi connectivity index (χ2n) is 3.72. The van der Waals surface area contributed by atoms with Crippen LogP contribution in [0.2, 0.25) is 0 Å². The molecule has 0 amide bonds. The van der Waals surface area contributed by atoms with Gasteiger partial charge in [-0.15, -0.1) is 0 Å². The van der Waals surface area contributed by atoms with Crippen LogP contribution in [-0.2, 0) is 20.7 Å². The van der Waals surface area contributed by atoms with Gasteiger partial charge in [-0.25, -0.2) is 0 Å². The topological polar surface area (TPSA) is 35.5 Å². The largest absolute Gasteiger partial charge is 0.350 e. The minimum atomic E-state index is -0.334. The van der Waals surface area contributed by atoms with E-state index in [1.54, 1.807) is 0 Å². The molecule has 1 aromatic rings. The van der Waals surface area contributed by atoms with Gasteiger partial charge < -0.3 is 9.47 Å². The van der Waals surface area contributed by atoms with Gasteiger partial charge in [-0.3, -0.25) is 4.79 Å². The summed E-state index contributed by atoms with van der Waals surface area (Å²) in [6, 6.07) is 7.76. The van der Waals surface area contributed by atoms with Crippen LogP contribution in [0.25, 0.3) is 0 Å². The van der Waals surface area contributed by atoms with Crippen LogP contribution in [-0.4, -0.2) is 25.3 Å². The first-order valence-corrected chi connectivity index (χ1v) is 6.03. The van der Waals surface area contributed by atoms with E-state index in [0.717, 1.165) is 10.0 Å². The van der Waals surface area contributed by atoms with Gasteiger partial charge in [0.15, 0.2) is 6.29 Å². The number of halogens is 1. The molecule has 16 heavy (non-hydrogen) atoms. The summed E-state index contributed by atoms with van der Waals surface area (Å²) in [6.45, 7) is 1.18. The molecule has 86 valence electrons. The van der Waals surface area contributed by atoms with Crippen molar-refractivity contribution in [1.29, 1.82) is 0 Å². The Kier molecular flexibility index (Phi) is 4.09. The van der Waals surface area contributed by atoms with Crippen molar-refractivity contribution in [2.45, 2.75) is 19.1 Å². The lowest BCUT2D eigenvalue weighted by Crippen LogP contribution is -2.15. The third-order valence-electron chi connectivity index (χ3n) is 2.38. The Morgan fingerprint density at radius 2 is 2.12 bits per heavy atom. The van der Waals surface area contributed by atoms with Crippen LogP contribution in [0.5, 0.6) is 0 Å². The molecule has 0 atom stereocenters. The highest BCUT2D eigenvalue weighted by atomic mass is 79.9. The zero-order chi connectivity index (χ0) is 11.4. The number of benzene rings is 1. The highest BCUT2D eigenvalue weighted by Gasteiger charge is 2.19. The second kappa shape index (κ2) is 5.57. The van der Waals surface area contributed by atoms with Gasteiger partial charge in [0.2, 0.25) is 0 Å². The average molecular weight is 285 g/mol. The Hall–Kier alpha value is -0.710. The van der Waals surface area contributed by atoms with Gasteiger partial charge >= 0.3 is 0 Å². The molecule has 4 heteroatoms. The molecule has 1 fully saturated rings. The van der Waals surface area contributed by atoms with Gasteiger partial charge in [0.25, 0.3) is 0 Å². The van der Waals surface area contributed by atoms with Crippen molar-refractivity contribution in [1.82, 2.24) is 0 Å². The minimum Gasteiger partial charge on any atom is -0.350 e. The second-order valence-corrected chi connectivity index (χ2v) is 4.64. The summed E-state index contributed by atoms with van der Waals surface area (Å²) in [6.07, 6.45) is 0.439. The van der Waals surface area contributed by atoms with Gasteiger partial charge in [-0.2, -0.15) is 0 Å². The van der Waals surface area contributed by atoms with E-state index in [4.69, 9.17) is 9.47 Å². The fourth-order valence-electron chi connectivity index (χ4n) is 1.66. The van der Waals surface area contributed by atoms with Crippen LogP contribution in [0.15, 0.2) is 28.7 Å². The number of hydrogen-bond acceptors (Lipinski definition) is 3. The first kappa shape index (κ1) is 11.8. The fourth-order valence-corrected chi connectivity index (χ4v) is 2.10. The Bertz CT molecular complexity index is 372. The molecule has 0 unspecified atom stereocenters. The van der Waals surface area contributed by atoms with Gasteiger partial charge in [0.05, 0.1) is 19.6 Å². The number of carbonyl (C=O) groups is 1. The molecule has 3 nitrogen and oxygen atoms in total. The monoisotopic (exact) mass is 284 g/mol. The maximum absolute atomic E-state index is 11.7. The predicted octanol–water partition coefficient (Wildman–Crippen LogP) is 2.32. The van der Waals surface area contributed by atoms with Gasteiger partial charge in [-0.05, 0) is 17.7 Å². The third kappa shape index (κ3) is 3.40. The first-order valence-electron chi connectivity index (χ1n) is 5.23. The first-order chi connectivity index (χ1) is 7.74. The number of Topliss-reactive ketones (excluding diaryl/α,β-unsaturated/α-hetero) is 1. The summed E-state index contributed by atoms with van der Waals surface area (Å²) < 4.78 is 11.5. The molecule has 0 saturated carbocycles. The van der Waals surface area contributed by atoms with Crippen LogP contribution in [0.4, 0.5) is 0 Å². The summed E-state index contributed by atoms with van der Waals surface area (Å²) in [5.41, 5.74) is 1.01. The SMILES string of the molecule is O=C(Cc1cccc(Br)c1)CC1OCCO1. The van der Waals surface area contributed by atoms with Crippen molar-refractivity contribution < 1.29 is 14.3 Å². The summed E-state index contributed by atoms with van der Waals surface area (Å²) in [7, 11) is 0. The van der Waals surface area contributed by atoms with Gasteiger partial charge in [0.1, 0.15) is 5.78 Å². The van der Waals surface area contributed by atoms with Gasteiger partial charge in [0, 0.05) is 10.9 Å². The number of ether oxygens (including phenoxy) is 2. The van der Waals surface area contributed by atoms with E-state index in [0.29, 0.717) is 26.1 Å². The number of carbonyl (C=O) groups excluding carboxylic acids is 1. The molecule has 1 aromatic carbocycles. The van der Waals surface area contributed by atoms with Crippen LogP contribution in [0, 0.1) is 0 Å². The van der Waals surface area contributed by atoms with Crippen LogP contribution in [0.1, 0.15) is 12.0 Å². The maximum Gasteiger partial charge on any atom is 0.164 e. The summed E-state index contributed by atoms with van der Waals surface area (Å²) in [5.74, 6) is 0.144.